The molecule has 0 aliphatic rings. The third-order valence-electron chi connectivity index (χ3n) is 1.69. The standard InChI is InChI=1S/C9H3ClINS/c10-5-1-2-6-7(3-5)13-8(4-12)9(6)11/h1-3H. The Morgan fingerprint density at radius 1 is 1.46 bits per heavy atom. The van der Waals surface area contributed by atoms with E-state index in [1.807, 2.05) is 18.2 Å². The van der Waals surface area contributed by atoms with E-state index in [1.54, 1.807) is 0 Å². The smallest absolute Gasteiger partial charge is 0.119 e. The first kappa shape index (κ1) is 9.25. The lowest BCUT2D eigenvalue weighted by atomic mass is 10.2. The van der Waals surface area contributed by atoms with E-state index in [-0.39, 0.29) is 0 Å². The highest BCUT2D eigenvalue weighted by Crippen LogP contribution is 2.33. The minimum absolute atomic E-state index is 0.717. The molecule has 0 fully saturated rings. The summed E-state index contributed by atoms with van der Waals surface area (Å²) in [5.41, 5.74) is 0. The van der Waals surface area contributed by atoms with Crippen LogP contribution < -0.4 is 0 Å². The van der Waals surface area contributed by atoms with Gasteiger partial charge in [-0.2, -0.15) is 5.26 Å². The molecular weight excluding hydrogens is 317 g/mol. The predicted octanol–water partition coefficient (Wildman–Crippen LogP) is 4.03. The zero-order valence-electron chi connectivity index (χ0n) is 6.34. The van der Waals surface area contributed by atoms with Crippen molar-refractivity contribution in [3.63, 3.8) is 0 Å². The highest BCUT2D eigenvalue weighted by molar-refractivity contribution is 14.1. The first-order valence-electron chi connectivity index (χ1n) is 3.50. The average molecular weight is 320 g/mol. The fraction of sp³-hybridized carbons (Fsp3) is 0. The Morgan fingerprint density at radius 2 is 2.23 bits per heavy atom. The predicted molar refractivity (Wildman–Crippen MR) is 64.3 cm³/mol. The summed E-state index contributed by atoms with van der Waals surface area (Å²) in [4.78, 5) is 0.762. The minimum atomic E-state index is 0.717. The van der Waals surface area contributed by atoms with Gasteiger partial charge in [-0.25, -0.2) is 0 Å². The zero-order chi connectivity index (χ0) is 9.42. The molecule has 2 aromatic rings. The van der Waals surface area contributed by atoms with Gasteiger partial charge in [-0.3, -0.25) is 0 Å². The summed E-state index contributed by atoms with van der Waals surface area (Å²) < 4.78 is 2.10. The van der Waals surface area contributed by atoms with Crippen molar-refractivity contribution in [3.8, 4) is 6.07 Å². The van der Waals surface area contributed by atoms with E-state index in [4.69, 9.17) is 16.9 Å². The first-order valence-corrected chi connectivity index (χ1v) is 5.77. The Balaban J connectivity index is 2.86. The number of benzene rings is 1. The number of nitrogens with zero attached hydrogens (tertiary/aromatic N) is 1. The van der Waals surface area contributed by atoms with Crippen molar-refractivity contribution in [3.05, 3.63) is 31.7 Å². The summed E-state index contributed by atoms with van der Waals surface area (Å²) in [6.45, 7) is 0. The number of rotatable bonds is 0. The van der Waals surface area contributed by atoms with Crippen LogP contribution in [-0.4, -0.2) is 0 Å². The lowest BCUT2D eigenvalue weighted by molar-refractivity contribution is 1.52. The van der Waals surface area contributed by atoms with Crippen LogP contribution in [0.3, 0.4) is 0 Å². The fourth-order valence-electron chi connectivity index (χ4n) is 1.11. The second-order valence-electron chi connectivity index (χ2n) is 2.50. The van der Waals surface area contributed by atoms with E-state index in [9.17, 15) is 0 Å². The van der Waals surface area contributed by atoms with Crippen LogP contribution in [0.25, 0.3) is 10.1 Å². The van der Waals surface area contributed by atoms with Gasteiger partial charge < -0.3 is 0 Å². The average Bonchev–Trinajstić information content (AvgIpc) is 2.42. The van der Waals surface area contributed by atoms with Gasteiger partial charge in [0.2, 0.25) is 0 Å². The maximum Gasteiger partial charge on any atom is 0.119 e. The number of fused-ring (bicyclic) bond motifs is 1. The van der Waals surface area contributed by atoms with Crippen LogP contribution in [0.5, 0.6) is 0 Å². The van der Waals surface area contributed by atoms with Gasteiger partial charge in [-0.05, 0) is 34.7 Å². The SMILES string of the molecule is N#Cc1sc2cc(Cl)ccc2c1I. The van der Waals surface area contributed by atoms with Crippen LogP contribution in [0.1, 0.15) is 4.88 Å². The van der Waals surface area contributed by atoms with Gasteiger partial charge in [0.15, 0.2) is 0 Å². The number of thiophene rings is 1. The van der Waals surface area contributed by atoms with Gasteiger partial charge in [0.25, 0.3) is 0 Å². The Hall–Kier alpha value is -0.310. The van der Waals surface area contributed by atoms with E-state index in [1.165, 1.54) is 11.3 Å². The summed E-state index contributed by atoms with van der Waals surface area (Å²) in [6, 6.07) is 7.87. The molecule has 4 heteroatoms. The molecule has 1 nitrogen and oxygen atoms in total. The lowest BCUT2D eigenvalue weighted by Gasteiger charge is -1.90. The molecule has 0 spiro atoms. The highest BCUT2D eigenvalue weighted by Gasteiger charge is 2.08. The summed E-state index contributed by atoms with van der Waals surface area (Å²) >= 11 is 9.52. The summed E-state index contributed by atoms with van der Waals surface area (Å²) in [5.74, 6) is 0. The lowest BCUT2D eigenvalue weighted by Crippen LogP contribution is -1.70. The van der Waals surface area contributed by atoms with Gasteiger partial charge in [0.1, 0.15) is 10.9 Å². The number of nitriles is 1. The molecule has 0 saturated carbocycles. The maximum absolute atomic E-state index is 8.81. The molecule has 0 unspecified atom stereocenters. The quantitative estimate of drug-likeness (QED) is 0.673. The summed E-state index contributed by atoms with van der Waals surface area (Å²) in [7, 11) is 0. The molecule has 0 saturated heterocycles. The third kappa shape index (κ3) is 1.54. The van der Waals surface area contributed by atoms with Crippen LogP contribution in [0.2, 0.25) is 5.02 Å². The van der Waals surface area contributed by atoms with E-state index in [0.29, 0.717) is 0 Å². The molecule has 13 heavy (non-hydrogen) atoms. The van der Waals surface area contributed by atoms with E-state index >= 15 is 0 Å². The van der Waals surface area contributed by atoms with Crippen LogP contribution >= 0.6 is 45.5 Å². The molecule has 1 aromatic carbocycles. The second-order valence-corrected chi connectivity index (χ2v) is 5.06. The summed E-state index contributed by atoms with van der Waals surface area (Å²) in [5, 5.41) is 10.6. The van der Waals surface area contributed by atoms with Crippen molar-refractivity contribution in [1.29, 1.82) is 5.26 Å². The Bertz CT molecular complexity index is 512. The largest absolute Gasteiger partial charge is 0.191 e. The van der Waals surface area contributed by atoms with Gasteiger partial charge in [-0.1, -0.05) is 17.7 Å². The third-order valence-corrected chi connectivity index (χ3v) is 4.47. The monoisotopic (exact) mass is 319 g/mol. The molecule has 1 aromatic heterocycles. The number of hydrogen-bond acceptors (Lipinski definition) is 2. The van der Waals surface area contributed by atoms with E-state index < -0.39 is 0 Å². The van der Waals surface area contributed by atoms with Crippen LogP contribution in [-0.2, 0) is 0 Å². The highest BCUT2D eigenvalue weighted by atomic mass is 127. The maximum atomic E-state index is 8.81. The number of hydrogen-bond donors (Lipinski definition) is 0. The number of halogens is 2. The molecule has 0 radical (unpaired) electrons. The molecule has 0 amide bonds. The molecule has 1 heterocycles. The Kier molecular flexibility index (Phi) is 2.45. The fourth-order valence-corrected chi connectivity index (χ4v) is 3.38. The molecular formula is C9H3ClINS. The van der Waals surface area contributed by atoms with Crippen LogP contribution in [0.15, 0.2) is 18.2 Å². The van der Waals surface area contributed by atoms with Crippen molar-refractivity contribution in [2.45, 2.75) is 0 Å². The van der Waals surface area contributed by atoms with Gasteiger partial charge in [0.05, 0.1) is 0 Å². The van der Waals surface area contributed by atoms with Gasteiger partial charge in [-0.15, -0.1) is 11.3 Å². The summed E-state index contributed by atoms with van der Waals surface area (Å²) in [6.07, 6.45) is 0. The van der Waals surface area contributed by atoms with Crippen molar-refractivity contribution in [2.24, 2.45) is 0 Å². The van der Waals surface area contributed by atoms with E-state index in [2.05, 4.69) is 28.7 Å². The zero-order valence-corrected chi connectivity index (χ0v) is 10.1. The van der Waals surface area contributed by atoms with Crippen molar-refractivity contribution >= 4 is 55.6 Å². The normalized spacial score (nSPS) is 10.2. The molecule has 0 N–H and O–H groups in total. The van der Waals surface area contributed by atoms with Crippen LogP contribution in [0, 0.1) is 14.9 Å². The molecule has 0 aliphatic heterocycles. The molecule has 0 aliphatic carbocycles. The second kappa shape index (κ2) is 3.45. The van der Waals surface area contributed by atoms with Crippen molar-refractivity contribution < 1.29 is 0 Å². The van der Waals surface area contributed by atoms with Crippen LogP contribution in [0.4, 0.5) is 0 Å². The first-order chi connectivity index (χ1) is 6.22. The molecule has 0 atom stereocenters. The molecule has 2 rings (SSSR count). The topological polar surface area (TPSA) is 23.8 Å². The Labute approximate surface area is 98.1 Å². The van der Waals surface area contributed by atoms with Gasteiger partial charge in [0, 0.05) is 18.7 Å². The van der Waals surface area contributed by atoms with Crippen molar-refractivity contribution in [1.82, 2.24) is 0 Å². The van der Waals surface area contributed by atoms with Gasteiger partial charge >= 0.3 is 0 Å². The molecule has 0 bridgehead atoms. The van der Waals surface area contributed by atoms with E-state index in [0.717, 1.165) is 23.6 Å². The molecule has 64 valence electrons. The Morgan fingerprint density at radius 3 is 2.92 bits per heavy atom. The minimum Gasteiger partial charge on any atom is -0.191 e. The van der Waals surface area contributed by atoms with Crippen molar-refractivity contribution in [2.75, 3.05) is 0 Å².